The van der Waals surface area contributed by atoms with Crippen molar-refractivity contribution in [2.24, 2.45) is 0 Å². The molecule has 0 atom stereocenters. The molecule has 2 rings (SSSR count). The molecule has 0 aliphatic rings. The van der Waals surface area contributed by atoms with E-state index in [-0.39, 0.29) is 17.4 Å². The summed E-state index contributed by atoms with van der Waals surface area (Å²) in [4.78, 5) is 21.3. The molecule has 2 aromatic rings. The first-order valence-electron chi connectivity index (χ1n) is 4.43. The number of nitrogens with one attached hydrogen (secondary N) is 2. The molecule has 2 aromatic heterocycles. The van der Waals surface area contributed by atoms with Crippen LogP contribution in [0.4, 0.5) is 5.82 Å². The summed E-state index contributed by atoms with van der Waals surface area (Å²) in [6.07, 6.45) is 1.26. The molecule has 0 saturated heterocycles. The first kappa shape index (κ1) is 10.6. The van der Waals surface area contributed by atoms with Crippen LogP contribution in [0.2, 0.25) is 5.02 Å². The zero-order chi connectivity index (χ0) is 11.5. The number of aromatic amines is 1. The predicted octanol–water partition coefficient (Wildman–Crippen LogP) is 0.727. The van der Waals surface area contributed by atoms with E-state index in [4.69, 9.17) is 16.1 Å². The van der Waals surface area contributed by atoms with Gasteiger partial charge in [0.25, 0.3) is 5.56 Å². The van der Waals surface area contributed by atoms with Crippen molar-refractivity contribution < 1.29 is 4.52 Å². The molecule has 84 valence electrons. The highest BCUT2D eigenvalue weighted by molar-refractivity contribution is 6.32. The summed E-state index contributed by atoms with van der Waals surface area (Å²) in [6, 6.07) is 0. The summed E-state index contributed by atoms with van der Waals surface area (Å²) in [6.45, 7) is 1.97. The number of hydrogen-bond donors (Lipinski definition) is 2. The number of rotatable bonds is 3. The highest BCUT2D eigenvalue weighted by atomic mass is 35.5. The Bertz CT molecular complexity index is 549. The molecule has 0 amide bonds. The third-order valence-corrected chi connectivity index (χ3v) is 2.13. The summed E-state index contributed by atoms with van der Waals surface area (Å²) in [5.74, 6) is 1.23. The Kier molecular flexibility index (Phi) is 2.86. The van der Waals surface area contributed by atoms with Crippen LogP contribution >= 0.6 is 11.6 Å². The lowest BCUT2D eigenvalue weighted by atomic mass is 10.5. The number of aromatic nitrogens is 4. The summed E-state index contributed by atoms with van der Waals surface area (Å²) < 4.78 is 4.78. The second-order valence-corrected chi connectivity index (χ2v) is 3.36. The molecule has 2 N–H and O–H groups in total. The van der Waals surface area contributed by atoms with Crippen LogP contribution in [0.5, 0.6) is 0 Å². The fourth-order valence-electron chi connectivity index (χ4n) is 1.08. The van der Waals surface area contributed by atoms with E-state index in [0.717, 1.165) is 0 Å². The van der Waals surface area contributed by atoms with Gasteiger partial charge >= 0.3 is 0 Å². The molecule has 0 unspecified atom stereocenters. The maximum absolute atomic E-state index is 11.1. The molecule has 0 spiro atoms. The van der Waals surface area contributed by atoms with Crippen LogP contribution < -0.4 is 10.9 Å². The summed E-state index contributed by atoms with van der Waals surface area (Å²) in [7, 11) is 0. The van der Waals surface area contributed by atoms with Crippen molar-refractivity contribution in [3.63, 3.8) is 0 Å². The van der Waals surface area contributed by atoms with E-state index in [0.29, 0.717) is 11.7 Å². The Morgan fingerprint density at radius 1 is 1.62 bits per heavy atom. The predicted molar refractivity (Wildman–Crippen MR) is 56.2 cm³/mol. The summed E-state index contributed by atoms with van der Waals surface area (Å²) >= 11 is 5.73. The summed E-state index contributed by atoms with van der Waals surface area (Å²) in [5.41, 5.74) is -0.400. The topological polar surface area (TPSA) is 96.7 Å². The smallest absolute Gasteiger partial charge is 0.271 e. The van der Waals surface area contributed by atoms with Crippen molar-refractivity contribution in [1.29, 1.82) is 0 Å². The van der Waals surface area contributed by atoms with Crippen molar-refractivity contribution >= 4 is 17.4 Å². The Balaban J connectivity index is 2.10. The average Bonchev–Trinajstić information content (AvgIpc) is 2.67. The molecule has 16 heavy (non-hydrogen) atoms. The van der Waals surface area contributed by atoms with E-state index in [1.807, 2.05) is 0 Å². The molecule has 0 saturated carbocycles. The molecule has 0 radical (unpaired) electrons. The molecular formula is C8H8ClN5O2. The van der Waals surface area contributed by atoms with Gasteiger partial charge in [-0.25, -0.2) is 4.98 Å². The monoisotopic (exact) mass is 241 g/mol. The Morgan fingerprint density at radius 3 is 3.12 bits per heavy atom. The SMILES string of the molecule is Cc1nc(CNc2nc[nH]c(=O)c2Cl)no1. The van der Waals surface area contributed by atoms with Gasteiger partial charge in [-0.3, -0.25) is 4.79 Å². The molecule has 7 nitrogen and oxygen atoms in total. The van der Waals surface area contributed by atoms with Gasteiger partial charge in [0.2, 0.25) is 5.89 Å². The number of anilines is 1. The van der Waals surface area contributed by atoms with Gasteiger partial charge in [-0.15, -0.1) is 0 Å². The second kappa shape index (κ2) is 4.31. The fourth-order valence-corrected chi connectivity index (χ4v) is 1.25. The molecule has 0 aliphatic carbocycles. The second-order valence-electron chi connectivity index (χ2n) is 2.98. The van der Waals surface area contributed by atoms with Crippen molar-refractivity contribution in [1.82, 2.24) is 20.1 Å². The molecular weight excluding hydrogens is 234 g/mol. The van der Waals surface area contributed by atoms with Crippen molar-refractivity contribution in [3.8, 4) is 0 Å². The maximum Gasteiger partial charge on any atom is 0.271 e. The van der Waals surface area contributed by atoms with Crippen LogP contribution in [-0.4, -0.2) is 20.1 Å². The van der Waals surface area contributed by atoms with E-state index in [2.05, 4.69) is 25.4 Å². The van der Waals surface area contributed by atoms with E-state index in [1.165, 1.54) is 6.33 Å². The van der Waals surface area contributed by atoms with Gasteiger partial charge in [0.1, 0.15) is 5.02 Å². The van der Waals surface area contributed by atoms with E-state index in [9.17, 15) is 4.79 Å². The van der Waals surface area contributed by atoms with Crippen LogP contribution in [0.1, 0.15) is 11.7 Å². The van der Waals surface area contributed by atoms with Crippen LogP contribution in [0.25, 0.3) is 0 Å². The molecule has 0 bridgehead atoms. The summed E-state index contributed by atoms with van der Waals surface area (Å²) in [5, 5.41) is 6.52. The zero-order valence-electron chi connectivity index (χ0n) is 8.32. The molecule has 0 aromatic carbocycles. The van der Waals surface area contributed by atoms with Crippen molar-refractivity contribution in [3.05, 3.63) is 33.4 Å². The normalized spacial score (nSPS) is 10.4. The molecule has 8 heteroatoms. The lowest BCUT2D eigenvalue weighted by molar-refractivity contribution is 0.388. The quantitative estimate of drug-likeness (QED) is 0.822. The van der Waals surface area contributed by atoms with Gasteiger partial charge in [0.15, 0.2) is 11.6 Å². The first-order chi connectivity index (χ1) is 7.66. The van der Waals surface area contributed by atoms with Crippen LogP contribution in [-0.2, 0) is 6.54 Å². The van der Waals surface area contributed by atoms with Crippen LogP contribution in [0, 0.1) is 6.92 Å². The van der Waals surface area contributed by atoms with Crippen LogP contribution in [0.15, 0.2) is 15.6 Å². The lowest BCUT2D eigenvalue weighted by Gasteiger charge is -2.02. The number of halogens is 1. The molecule has 0 aliphatic heterocycles. The van der Waals surface area contributed by atoms with Crippen molar-refractivity contribution in [2.45, 2.75) is 13.5 Å². The van der Waals surface area contributed by atoms with Crippen LogP contribution in [0.3, 0.4) is 0 Å². The van der Waals surface area contributed by atoms with Gasteiger partial charge in [-0.1, -0.05) is 16.8 Å². The minimum Gasteiger partial charge on any atom is -0.361 e. The standard InChI is InChI=1S/C8H8ClN5O2/c1-4-13-5(14-16-4)2-10-7-6(9)8(15)12-3-11-7/h3H,2H2,1H3,(H2,10,11,12,15). The number of nitrogens with zero attached hydrogens (tertiary/aromatic N) is 3. The Morgan fingerprint density at radius 2 is 2.44 bits per heavy atom. The Labute approximate surface area is 94.9 Å². The van der Waals surface area contributed by atoms with Gasteiger partial charge in [-0.2, -0.15) is 4.98 Å². The van der Waals surface area contributed by atoms with Gasteiger partial charge < -0.3 is 14.8 Å². The average molecular weight is 242 g/mol. The highest BCUT2D eigenvalue weighted by Crippen LogP contribution is 2.12. The van der Waals surface area contributed by atoms with E-state index in [1.54, 1.807) is 6.92 Å². The fraction of sp³-hybridized carbons (Fsp3) is 0.250. The first-order valence-corrected chi connectivity index (χ1v) is 4.81. The number of hydrogen-bond acceptors (Lipinski definition) is 6. The van der Waals surface area contributed by atoms with E-state index < -0.39 is 5.56 Å². The minimum atomic E-state index is -0.400. The zero-order valence-corrected chi connectivity index (χ0v) is 9.08. The van der Waals surface area contributed by atoms with Gasteiger partial charge in [0.05, 0.1) is 12.9 Å². The Hall–Kier alpha value is -1.89. The minimum absolute atomic E-state index is 0.00252. The maximum atomic E-state index is 11.1. The highest BCUT2D eigenvalue weighted by Gasteiger charge is 2.07. The molecule has 0 fully saturated rings. The third kappa shape index (κ3) is 2.19. The largest absolute Gasteiger partial charge is 0.361 e. The van der Waals surface area contributed by atoms with E-state index >= 15 is 0 Å². The van der Waals surface area contributed by atoms with Crippen molar-refractivity contribution in [2.75, 3.05) is 5.32 Å². The lowest BCUT2D eigenvalue weighted by Crippen LogP contribution is -2.12. The third-order valence-electron chi connectivity index (χ3n) is 1.78. The molecule has 2 heterocycles. The van der Waals surface area contributed by atoms with Gasteiger partial charge in [-0.05, 0) is 0 Å². The number of aryl methyl sites for hydroxylation is 1. The van der Waals surface area contributed by atoms with Gasteiger partial charge in [0, 0.05) is 6.92 Å². The number of H-pyrrole nitrogens is 1.